The molecule has 0 radical (unpaired) electrons. The fourth-order valence-electron chi connectivity index (χ4n) is 3.84. The van der Waals surface area contributed by atoms with Crippen LogP contribution in [-0.2, 0) is 4.74 Å². The molecule has 6 nitrogen and oxygen atoms in total. The highest BCUT2D eigenvalue weighted by Crippen LogP contribution is 2.35. The highest BCUT2D eigenvalue weighted by molar-refractivity contribution is 7.22. The van der Waals surface area contributed by atoms with Crippen LogP contribution in [0.4, 0.5) is 9.52 Å². The van der Waals surface area contributed by atoms with Crippen LogP contribution >= 0.6 is 22.9 Å². The number of aryl methyl sites for hydroxylation is 1. The smallest absolute Gasteiger partial charge is 0.266 e. The molecule has 9 heteroatoms. The summed E-state index contributed by atoms with van der Waals surface area (Å²) in [5, 5.41) is 5.06. The minimum Gasteiger partial charge on any atom is -0.376 e. The number of nitrogens with zero attached hydrogens (tertiary/aromatic N) is 3. The normalized spacial score (nSPS) is 16.0. The molecule has 1 amide bonds. The van der Waals surface area contributed by atoms with Crippen molar-refractivity contribution in [1.82, 2.24) is 10.1 Å². The number of carbonyl (C=O) groups excluding carboxylic acids is 1. The first-order chi connectivity index (χ1) is 15.5. The van der Waals surface area contributed by atoms with E-state index >= 15 is 0 Å². The van der Waals surface area contributed by atoms with Gasteiger partial charge in [0, 0.05) is 12.2 Å². The van der Waals surface area contributed by atoms with Crippen molar-refractivity contribution in [3.8, 4) is 11.3 Å². The molecule has 1 saturated heterocycles. The maximum absolute atomic E-state index is 13.9. The van der Waals surface area contributed by atoms with Gasteiger partial charge in [-0.2, -0.15) is 0 Å². The third-order valence-electron chi connectivity index (χ3n) is 5.43. The predicted octanol–water partition coefficient (Wildman–Crippen LogP) is 5.88. The molecule has 4 aromatic rings. The first-order valence-corrected chi connectivity index (χ1v) is 11.4. The Morgan fingerprint density at radius 3 is 2.94 bits per heavy atom. The Bertz CT molecular complexity index is 1300. The molecule has 5 rings (SSSR count). The van der Waals surface area contributed by atoms with E-state index < -0.39 is 0 Å². The molecular weight excluding hydrogens is 453 g/mol. The number of rotatable bonds is 5. The Balaban J connectivity index is 1.59. The highest BCUT2D eigenvalue weighted by atomic mass is 35.5. The molecule has 164 valence electrons. The number of carbonyl (C=O) groups is 1. The van der Waals surface area contributed by atoms with Crippen molar-refractivity contribution in [2.45, 2.75) is 25.9 Å². The van der Waals surface area contributed by atoms with Crippen molar-refractivity contribution in [3.05, 3.63) is 64.6 Å². The van der Waals surface area contributed by atoms with Gasteiger partial charge >= 0.3 is 0 Å². The minimum absolute atomic E-state index is 0.105. The Hall–Kier alpha value is -2.81. The van der Waals surface area contributed by atoms with Crippen LogP contribution in [0, 0.1) is 12.7 Å². The third kappa shape index (κ3) is 3.90. The van der Waals surface area contributed by atoms with E-state index in [2.05, 4.69) is 10.1 Å². The lowest BCUT2D eigenvalue weighted by molar-refractivity contribution is 0.0916. The maximum atomic E-state index is 13.9. The summed E-state index contributed by atoms with van der Waals surface area (Å²) < 4.78 is 25.6. The Morgan fingerprint density at radius 2 is 2.16 bits per heavy atom. The molecule has 32 heavy (non-hydrogen) atoms. The lowest BCUT2D eigenvalue weighted by Crippen LogP contribution is -2.37. The van der Waals surface area contributed by atoms with Gasteiger partial charge in [0.2, 0.25) is 0 Å². The van der Waals surface area contributed by atoms with E-state index in [1.165, 1.54) is 23.5 Å². The van der Waals surface area contributed by atoms with Crippen LogP contribution in [0.2, 0.25) is 5.02 Å². The summed E-state index contributed by atoms with van der Waals surface area (Å²) in [5.74, 6) is -0.274. The topological polar surface area (TPSA) is 68.5 Å². The van der Waals surface area contributed by atoms with Gasteiger partial charge in [-0.05, 0) is 44.0 Å². The predicted molar refractivity (Wildman–Crippen MR) is 122 cm³/mol. The van der Waals surface area contributed by atoms with Crippen LogP contribution in [0.3, 0.4) is 0 Å². The largest absolute Gasteiger partial charge is 0.376 e. The second kappa shape index (κ2) is 8.61. The lowest BCUT2D eigenvalue weighted by Gasteiger charge is -2.23. The molecule has 1 atom stereocenters. The zero-order valence-electron chi connectivity index (χ0n) is 17.2. The lowest BCUT2D eigenvalue weighted by atomic mass is 10.0. The van der Waals surface area contributed by atoms with Gasteiger partial charge in [-0.25, -0.2) is 9.37 Å². The van der Waals surface area contributed by atoms with Crippen LogP contribution in [0.25, 0.3) is 21.5 Å². The zero-order chi connectivity index (χ0) is 22.2. The van der Waals surface area contributed by atoms with E-state index in [1.54, 1.807) is 30.0 Å². The molecule has 3 heterocycles. The number of benzene rings is 2. The second-order valence-electron chi connectivity index (χ2n) is 7.60. The Morgan fingerprint density at radius 1 is 1.31 bits per heavy atom. The Kier molecular flexibility index (Phi) is 5.67. The molecular formula is C23H19ClFN3O3S. The number of aromatic nitrogens is 2. The number of thiazole rings is 1. The summed E-state index contributed by atoms with van der Waals surface area (Å²) in [7, 11) is 0. The molecule has 0 spiro atoms. The fraction of sp³-hybridized carbons (Fsp3) is 0.261. The number of fused-ring (bicyclic) bond motifs is 1. The molecule has 2 aromatic carbocycles. The van der Waals surface area contributed by atoms with E-state index in [-0.39, 0.29) is 17.8 Å². The molecule has 1 aliphatic rings. The maximum Gasteiger partial charge on any atom is 0.266 e. The summed E-state index contributed by atoms with van der Waals surface area (Å²) in [6, 6.07) is 11.6. The van der Waals surface area contributed by atoms with Crippen LogP contribution in [0.5, 0.6) is 0 Å². The molecule has 0 bridgehead atoms. The van der Waals surface area contributed by atoms with Gasteiger partial charge in [0.25, 0.3) is 5.91 Å². The van der Waals surface area contributed by atoms with E-state index in [0.29, 0.717) is 56.1 Å². The van der Waals surface area contributed by atoms with E-state index in [9.17, 15) is 9.18 Å². The van der Waals surface area contributed by atoms with Gasteiger partial charge < -0.3 is 9.26 Å². The number of anilines is 1. The standard InChI is InChI=1S/C23H19ClFN3O3S/c1-13-20(21(27-31-13)16-6-2-3-7-17(16)24)22(29)28(12-15-5-4-10-30-15)23-26-18-9-8-14(25)11-19(18)32-23/h2-3,6-9,11,15H,4-5,10,12H2,1H3/t15-/m1/s1. The van der Waals surface area contributed by atoms with Gasteiger partial charge in [0.05, 0.1) is 27.9 Å². The minimum atomic E-state index is -0.347. The molecule has 1 fully saturated rings. The monoisotopic (exact) mass is 471 g/mol. The number of halogens is 2. The van der Waals surface area contributed by atoms with Crippen molar-refractivity contribution in [1.29, 1.82) is 0 Å². The summed E-state index contributed by atoms with van der Waals surface area (Å²) in [6.45, 7) is 2.68. The summed E-state index contributed by atoms with van der Waals surface area (Å²) >= 11 is 7.64. The number of hydrogen-bond acceptors (Lipinski definition) is 6. The van der Waals surface area contributed by atoms with Crippen molar-refractivity contribution < 1.29 is 18.4 Å². The van der Waals surface area contributed by atoms with Crippen molar-refractivity contribution >= 4 is 44.2 Å². The van der Waals surface area contributed by atoms with Crippen LogP contribution in [0.1, 0.15) is 29.0 Å². The van der Waals surface area contributed by atoms with E-state index in [4.69, 9.17) is 20.9 Å². The third-order valence-corrected chi connectivity index (χ3v) is 6.80. The van der Waals surface area contributed by atoms with Gasteiger partial charge in [-0.3, -0.25) is 9.69 Å². The second-order valence-corrected chi connectivity index (χ2v) is 9.02. The summed E-state index contributed by atoms with van der Waals surface area (Å²) in [6.07, 6.45) is 1.68. The average Bonchev–Trinajstić information content (AvgIpc) is 3.51. The van der Waals surface area contributed by atoms with Gasteiger partial charge in [0.1, 0.15) is 22.8 Å². The van der Waals surface area contributed by atoms with E-state index in [0.717, 1.165) is 12.8 Å². The van der Waals surface area contributed by atoms with Gasteiger partial charge in [-0.1, -0.05) is 46.3 Å². The molecule has 0 N–H and O–H groups in total. The fourth-order valence-corrected chi connectivity index (χ4v) is 5.06. The number of amides is 1. The average molecular weight is 472 g/mol. The molecule has 1 aliphatic heterocycles. The number of hydrogen-bond donors (Lipinski definition) is 0. The van der Waals surface area contributed by atoms with Crippen LogP contribution < -0.4 is 4.90 Å². The van der Waals surface area contributed by atoms with Crippen molar-refractivity contribution in [2.24, 2.45) is 0 Å². The van der Waals surface area contributed by atoms with Gasteiger partial charge in [-0.15, -0.1) is 0 Å². The van der Waals surface area contributed by atoms with Gasteiger partial charge in [0.15, 0.2) is 5.13 Å². The zero-order valence-corrected chi connectivity index (χ0v) is 18.8. The number of ether oxygens (including phenoxy) is 1. The Labute approximate surface area is 192 Å². The summed E-state index contributed by atoms with van der Waals surface area (Å²) in [5.41, 5.74) is 1.94. The van der Waals surface area contributed by atoms with Crippen LogP contribution in [0.15, 0.2) is 47.0 Å². The first-order valence-electron chi connectivity index (χ1n) is 10.2. The van der Waals surface area contributed by atoms with Crippen molar-refractivity contribution in [2.75, 3.05) is 18.1 Å². The van der Waals surface area contributed by atoms with Crippen LogP contribution in [-0.4, -0.2) is 35.3 Å². The van der Waals surface area contributed by atoms with E-state index in [1.807, 2.05) is 12.1 Å². The first kappa shape index (κ1) is 21.1. The van der Waals surface area contributed by atoms with Crippen molar-refractivity contribution in [3.63, 3.8) is 0 Å². The molecule has 2 aromatic heterocycles. The molecule has 0 unspecified atom stereocenters. The molecule has 0 aliphatic carbocycles. The SMILES string of the molecule is Cc1onc(-c2ccccc2Cl)c1C(=O)N(C[C@H]1CCCO1)c1nc2ccc(F)cc2s1. The highest BCUT2D eigenvalue weighted by Gasteiger charge is 2.32. The summed E-state index contributed by atoms with van der Waals surface area (Å²) in [4.78, 5) is 20.1. The molecule has 0 saturated carbocycles. The quantitative estimate of drug-likeness (QED) is 0.363.